The summed E-state index contributed by atoms with van der Waals surface area (Å²) < 4.78 is 27.9. The molecule has 3 aromatic rings. The number of nitrogens with zero attached hydrogens (tertiary/aromatic N) is 2. The van der Waals surface area contributed by atoms with E-state index in [9.17, 15) is 8.42 Å². The van der Waals surface area contributed by atoms with E-state index in [2.05, 4.69) is 6.07 Å². The maximum atomic E-state index is 13.2. The van der Waals surface area contributed by atoms with E-state index in [1.165, 1.54) is 4.31 Å². The predicted octanol–water partition coefficient (Wildman–Crippen LogP) is 4.13. The molecule has 0 aliphatic rings. The predicted molar refractivity (Wildman–Crippen MR) is 111 cm³/mol. The van der Waals surface area contributed by atoms with Crippen LogP contribution in [0.5, 0.6) is 0 Å². The molecule has 5 heteroatoms. The molecule has 0 aliphatic carbocycles. The van der Waals surface area contributed by atoms with Gasteiger partial charge in [-0.05, 0) is 35.2 Å². The molecular formula is C23H22N2O2S. The highest BCUT2D eigenvalue weighted by Gasteiger charge is 2.23. The molecule has 0 atom stereocenters. The van der Waals surface area contributed by atoms with Crippen LogP contribution in [0, 0.1) is 11.3 Å². The molecule has 0 N–H and O–H groups in total. The number of hydrogen-bond donors (Lipinski definition) is 0. The minimum Gasteiger partial charge on any atom is -0.212 e. The molecule has 3 rings (SSSR count). The van der Waals surface area contributed by atoms with Crippen LogP contribution >= 0.6 is 0 Å². The summed E-state index contributed by atoms with van der Waals surface area (Å²) in [5.74, 6) is -0.121. The molecule has 0 aliphatic heterocycles. The van der Waals surface area contributed by atoms with E-state index in [0.717, 1.165) is 11.1 Å². The maximum absolute atomic E-state index is 13.2. The van der Waals surface area contributed by atoms with Crippen molar-refractivity contribution < 1.29 is 8.42 Å². The second-order valence-electron chi connectivity index (χ2n) is 6.62. The summed E-state index contributed by atoms with van der Waals surface area (Å²) in [4.78, 5) is 0. The standard InChI is InChI=1S/C23H22N2O2S/c24-17-22-12-7-13-23(16-22)19-28(26,27)25(18-21-10-5-2-6-11-21)15-14-20-8-3-1-4-9-20/h1-13,16H,14-15,18-19H2. The fourth-order valence-corrected chi connectivity index (χ4v) is 4.53. The third-order valence-electron chi connectivity index (χ3n) is 4.49. The lowest BCUT2D eigenvalue weighted by molar-refractivity contribution is 0.409. The summed E-state index contributed by atoms with van der Waals surface area (Å²) in [7, 11) is -3.54. The number of benzene rings is 3. The summed E-state index contributed by atoms with van der Waals surface area (Å²) in [5, 5.41) is 9.06. The molecule has 0 saturated heterocycles. The van der Waals surface area contributed by atoms with Gasteiger partial charge in [-0.2, -0.15) is 9.57 Å². The second-order valence-corrected chi connectivity index (χ2v) is 8.59. The second kappa shape index (κ2) is 9.32. The van der Waals surface area contributed by atoms with Crippen LogP contribution in [0.2, 0.25) is 0 Å². The van der Waals surface area contributed by atoms with Crippen molar-refractivity contribution >= 4 is 10.0 Å². The van der Waals surface area contributed by atoms with Gasteiger partial charge >= 0.3 is 0 Å². The highest BCUT2D eigenvalue weighted by Crippen LogP contribution is 2.17. The molecule has 0 amide bonds. The zero-order chi connectivity index (χ0) is 19.8. The lowest BCUT2D eigenvalue weighted by Crippen LogP contribution is -2.33. The smallest absolute Gasteiger partial charge is 0.212 e. The van der Waals surface area contributed by atoms with Gasteiger partial charge in [0.05, 0.1) is 17.4 Å². The largest absolute Gasteiger partial charge is 0.218 e. The Balaban J connectivity index is 1.82. The van der Waals surface area contributed by atoms with E-state index < -0.39 is 10.0 Å². The van der Waals surface area contributed by atoms with Crippen molar-refractivity contribution in [2.24, 2.45) is 0 Å². The monoisotopic (exact) mass is 390 g/mol. The van der Waals surface area contributed by atoms with Gasteiger partial charge < -0.3 is 0 Å². The fraction of sp³-hybridized carbons (Fsp3) is 0.174. The highest BCUT2D eigenvalue weighted by molar-refractivity contribution is 7.88. The SMILES string of the molecule is N#Cc1cccc(CS(=O)(=O)N(CCc2ccccc2)Cc2ccccc2)c1. The minimum absolute atomic E-state index is 0.121. The van der Waals surface area contributed by atoms with E-state index in [0.29, 0.717) is 30.6 Å². The van der Waals surface area contributed by atoms with Crippen molar-refractivity contribution in [1.82, 2.24) is 4.31 Å². The molecule has 0 saturated carbocycles. The Labute approximate surface area is 166 Å². The van der Waals surface area contributed by atoms with Crippen LogP contribution in [0.25, 0.3) is 0 Å². The van der Waals surface area contributed by atoms with Crippen LogP contribution in [-0.2, 0) is 28.7 Å². The van der Waals surface area contributed by atoms with Gasteiger partial charge in [-0.1, -0.05) is 72.8 Å². The summed E-state index contributed by atoms with van der Waals surface area (Å²) in [6.45, 7) is 0.729. The molecule has 142 valence electrons. The molecule has 0 unspecified atom stereocenters. The third kappa shape index (κ3) is 5.53. The molecule has 0 bridgehead atoms. The fourth-order valence-electron chi connectivity index (χ4n) is 3.03. The summed E-state index contributed by atoms with van der Waals surface area (Å²) in [6.07, 6.45) is 0.644. The number of hydrogen-bond acceptors (Lipinski definition) is 3. The molecule has 0 aromatic heterocycles. The normalized spacial score (nSPS) is 11.3. The van der Waals surface area contributed by atoms with Crippen molar-refractivity contribution in [1.29, 1.82) is 5.26 Å². The summed E-state index contributed by atoms with van der Waals surface area (Å²) in [6, 6.07) is 28.3. The van der Waals surface area contributed by atoms with Crippen LogP contribution in [0.4, 0.5) is 0 Å². The van der Waals surface area contributed by atoms with Crippen molar-refractivity contribution in [2.75, 3.05) is 6.54 Å². The zero-order valence-corrected chi connectivity index (χ0v) is 16.3. The van der Waals surface area contributed by atoms with Crippen molar-refractivity contribution in [3.05, 3.63) is 107 Å². The van der Waals surface area contributed by atoms with Gasteiger partial charge in [0.2, 0.25) is 10.0 Å². The molecule has 0 heterocycles. The quantitative estimate of drug-likeness (QED) is 0.581. The topological polar surface area (TPSA) is 61.2 Å². The van der Waals surface area contributed by atoms with Crippen LogP contribution in [-0.4, -0.2) is 19.3 Å². The van der Waals surface area contributed by atoms with Crippen LogP contribution in [0.1, 0.15) is 22.3 Å². The Hall–Kier alpha value is -2.94. The molecule has 0 spiro atoms. The molecule has 0 radical (unpaired) electrons. The average Bonchev–Trinajstić information content (AvgIpc) is 2.72. The van der Waals surface area contributed by atoms with Gasteiger partial charge in [0.25, 0.3) is 0 Å². The Bertz CT molecular complexity index is 1040. The molecular weight excluding hydrogens is 368 g/mol. The Morgan fingerprint density at radius 3 is 2.04 bits per heavy atom. The van der Waals surface area contributed by atoms with Crippen molar-refractivity contribution in [3.8, 4) is 6.07 Å². The van der Waals surface area contributed by atoms with Gasteiger partial charge in [-0.25, -0.2) is 8.42 Å². The lowest BCUT2D eigenvalue weighted by Gasteiger charge is -2.22. The summed E-state index contributed by atoms with van der Waals surface area (Å²) in [5.41, 5.74) is 3.13. The molecule has 3 aromatic carbocycles. The Morgan fingerprint density at radius 2 is 1.39 bits per heavy atom. The van der Waals surface area contributed by atoms with Gasteiger partial charge in [0, 0.05) is 13.1 Å². The van der Waals surface area contributed by atoms with Crippen LogP contribution in [0.3, 0.4) is 0 Å². The first-order valence-corrected chi connectivity index (χ1v) is 10.7. The first-order chi connectivity index (χ1) is 13.6. The van der Waals surface area contributed by atoms with Crippen LogP contribution < -0.4 is 0 Å². The minimum atomic E-state index is -3.54. The van der Waals surface area contributed by atoms with Crippen molar-refractivity contribution in [2.45, 2.75) is 18.7 Å². The highest BCUT2D eigenvalue weighted by atomic mass is 32.2. The van der Waals surface area contributed by atoms with Crippen LogP contribution in [0.15, 0.2) is 84.9 Å². The van der Waals surface area contributed by atoms with Gasteiger partial charge in [-0.3, -0.25) is 0 Å². The molecule has 0 fully saturated rings. The number of nitriles is 1. The Kier molecular flexibility index (Phi) is 6.59. The van der Waals surface area contributed by atoms with E-state index in [-0.39, 0.29) is 5.75 Å². The van der Waals surface area contributed by atoms with E-state index >= 15 is 0 Å². The molecule has 28 heavy (non-hydrogen) atoms. The maximum Gasteiger partial charge on any atom is 0.218 e. The third-order valence-corrected chi connectivity index (χ3v) is 6.29. The van der Waals surface area contributed by atoms with Crippen molar-refractivity contribution in [3.63, 3.8) is 0 Å². The van der Waals surface area contributed by atoms with Gasteiger partial charge in [0.15, 0.2) is 0 Å². The average molecular weight is 391 g/mol. The summed E-state index contributed by atoms with van der Waals surface area (Å²) >= 11 is 0. The Morgan fingerprint density at radius 1 is 0.786 bits per heavy atom. The zero-order valence-electron chi connectivity index (χ0n) is 15.5. The lowest BCUT2D eigenvalue weighted by atomic mass is 10.1. The number of rotatable bonds is 8. The van der Waals surface area contributed by atoms with E-state index in [1.54, 1.807) is 24.3 Å². The first-order valence-electron chi connectivity index (χ1n) is 9.11. The van der Waals surface area contributed by atoms with Gasteiger partial charge in [-0.15, -0.1) is 0 Å². The van der Waals surface area contributed by atoms with E-state index in [4.69, 9.17) is 5.26 Å². The van der Waals surface area contributed by atoms with Gasteiger partial charge in [0.1, 0.15) is 0 Å². The molecule has 4 nitrogen and oxygen atoms in total. The first kappa shape index (κ1) is 19.8. The number of sulfonamides is 1. The van der Waals surface area contributed by atoms with E-state index in [1.807, 2.05) is 60.7 Å².